The van der Waals surface area contributed by atoms with Gasteiger partial charge in [0.1, 0.15) is 5.82 Å². The first-order chi connectivity index (χ1) is 16.3. The van der Waals surface area contributed by atoms with E-state index in [1.807, 2.05) is 6.07 Å². The maximum atomic E-state index is 13.7. The first-order valence-electron chi connectivity index (χ1n) is 11.1. The van der Waals surface area contributed by atoms with Crippen LogP contribution in [0.5, 0.6) is 0 Å². The quantitative estimate of drug-likeness (QED) is 0.549. The Kier molecular flexibility index (Phi) is 7.13. The second-order valence-electron chi connectivity index (χ2n) is 8.32. The molecule has 1 aliphatic heterocycles. The van der Waals surface area contributed by atoms with Crippen LogP contribution in [-0.2, 0) is 15.8 Å². The lowest BCUT2D eigenvalue weighted by Gasteiger charge is -2.34. The Hall–Kier alpha value is -3.05. The summed E-state index contributed by atoms with van der Waals surface area (Å²) in [6, 6.07) is 15.3. The van der Waals surface area contributed by atoms with Gasteiger partial charge in [-0.05, 0) is 17.7 Å². The number of benzene rings is 2. The fraction of sp³-hybridized carbons (Fsp3) is 0.391. The lowest BCUT2D eigenvalue weighted by Crippen LogP contribution is -2.53. The van der Waals surface area contributed by atoms with E-state index in [1.54, 1.807) is 55.5 Å². The Bertz CT molecular complexity index is 1240. The summed E-state index contributed by atoms with van der Waals surface area (Å²) in [6.45, 7) is 0.0358. The number of para-hydroxylation sites is 2. The van der Waals surface area contributed by atoms with Gasteiger partial charge >= 0.3 is 12.6 Å². The number of hydrogen-bond donors (Lipinski definition) is 1. The van der Waals surface area contributed by atoms with Gasteiger partial charge in [0.15, 0.2) is 0 Å². The topological polar surface area (TPSA) is 87.5 Å². The molecule has 3 aromatic rings. The Balaban J connectivity index is 1.32. The molecule has 0 unspecified atom stereocenters. The molecule has 1 aliphatic rings. The summed E-state index contributed by atoms with van der Waals surface area (Å²) in [5.41, 5.74) is 1.54. The number of carbonyl (C=O) groups is 1. The van der Waals surface area contributed by atoms with Crippen LogP contribution in [0.2, 0.25) is 0 Å². The average Bonchev–Trinajstić information content (AvgIpc) is 3.23. The summed E-state index contributed by atoms with van der Waals surface area (Å²) in [6.07, 6.45) is 0. The number of nitrogens with zero attached hydrogens (tertiary/aromatic N) is 4. The number of aromatic nitrogens is 2. The summed E-state index contributed by atoms with van der Waals surface area (Å²) >= 11 is 0. The van der Waals surface area contributed by atoms with Crippen LogP contribution < -0.4 is 5.32 Å². The van der Waals surface area contributed by atoms with Crippen molar-refractivity contribution in [3.8, 4) is 0 Å². The minimum Gasteiger partial charge on any atom is -0.337 e. The average molecular weight is 492 g/mol. The molecule has 182 valence electrons. The van der Waals surface area contributed by atoms with Crippen LogP contribution in [0.15, 0.2) is 54.6 Å². The summed E-state index contributed by atoms with van der Waals surface area (Å²) in [4.78, 5) is 18.5. The highest BCUT2D eigenvalue weighted by molar-refractivity contribution is 7.88. The predicted molar refractivity (Wildman–Crippen MR) is 125 cm³/mol. The van der Waals surface area contributed by atoms with Crippen molar-refractivity contribution in [3.05, 3.63) is 66.0 Å². The number of carbonyl (C=O) groups excluding carboxylic acids is 1. The Morgan fingerprint density at radius 2 is 1.68 bits per heavy atom. The number of imidazole rings is 1. The van der Waals surface area contributed by atoms with E-state index in [0.29, 0.717) is 16.6 Å². The van der Waals surface area contributed by atoms with E-state index in [9.17, 15) is 22.0 Å². The first kappa shape index (κ1) is 24.1. The molecule has 11 heteroatoms. The summed E-state index contributed by atoms with van der Waals surface area (Å²) in [7, 11) is -3.48. The molecule has 1 atom stereocenters. The van der Waals surface area contributed by atoms with Crippen molar-refractivity contribution >= 4 is 27.1 Å². The number of piperazine rings is 1. The molecule has 2 aromatic carbocycles. The maximum absolute atomic E-state index is 13.7. The van der Waals surface area contributed by atoms with Gasteiger partial charge in [-0.1, -0.05) is 49.4 Å². The number of rotatable bonds is 7. The standard InChI is InChI=1S/C23H27F2N5O3S/c1-17(21-27-19-9-5-6-10-20(19)30(21)22(24)25)15-26-23(31)28-11-13-29(14-12-28)34(32,33)16-18-7-3-2-4-8-18/h2-10,17,22H,11-16H2,1H3,(H,26,31)/t17-/m0/s1. The number of halogens is 2. The second kappa shape index (κ2) is 10.1. The molecule has 1 N–H and O–H groups in total. The number of sulfonamides is 1. The molecule has 2 heterocycles. The molecular formula is C23H27F2N5O3S. The van der Waals surface area contributed by atoms with Gasteiger partial charge in [0.05, 0.1) is 16.8 Å². The van der Waals surface area contributed by atoms with Crippen LogP contribution >= 0.6 is 0 Å². The smallest absolute Gasteiger partial charge is 0.320 e. The minimum atomic E-state index is -3.48. The molecule has 0 saturated carbocycles. The van der Waals surface area contributed by atoms with Crippen molar-refractivity contribution in [3.63, 3.8) is 0 Å². The highest BCUT2D eigenvalue weighted by Crippen LogP contribution is 2.27. The van der Waals surface area contributed by atoms with Gasteiger partial charge in [-0.25, -0.2) is 18.2 Å². The van der Waals surface area contributed by atoms with E-state index >= 15 is 0 Å². The van der Waals surface area contributed by atoms with Crippen LogP contribution in [0.1, 0.15) is 30.8 Å². The van der Waals surface area contributed by atoms with Crippen molar-refractivity contribution in [1.29, 1.82) is 0 Å². The van der Waals surface area contributed by atoms with Gasteiger partial charge < -0.3 is 10.2 Å². The summed E-state index contributed by atoms with van der Waals surface area (Å²) in [5, 5.41) is 2.78. The van der Waals surface area contributed by atoms with Crippen LogP contribution in [0, 0.1) is 0 Å². The molecule has 1 aromatic heterocycles. The monoisotopic (exact) mass is 491 g/mol. The van der Waals surface area contributed by atoms with Gasteiger partial charge in [-0.2, -0.15) is 13.1 Å². The van der Waals surface area contributed by atoms with E-state index in [2.05, 4.69) is 10.3 Å². The largest absolute Gasteiger partial charge is 0.337 e. The molecule has 4 rings (SSSR count). The van der Waals surface area contributed by atoms with Crippen molar-refractivity contribution in [2.75, 3.05) is 32.7 Å². The molecule has 2 amide bonds. The van der Waals surface area contributed by atoms with E-state index in [0.717, 1.165) is 4.57 Å². The molecule has 34 heavy (non-hydrogen) atoms. The summed E-state index contributed by atoms with van der Waals surface area (Å²) < 4.78 is 55.1. The minimum absolute atomic E-state index is 0.0807. The molecule has 0 spiro atoms. The lowest BCUT2D eigenvalue weighted by atomic mass is 10.1. The van der Waals surface area contributed by atoms with Crippen LogP contribution in [-0.4, -0.2) is 65.9 Å². The summed E-state index contributed by atoms with van der Waals surface area (Å²) in [5.74, 6) is -0.325. The third-order valence-electron chi connectivity index (χ3n) is 5.93. The number of urea groups is 1. The first-order valence-corrected chi connectivity index (χ1v) is 12.7. The van der Waals surface area contributed by atoms with Crippen LogP contribution in [0.25, 0.3) is 11.0 Å². The SMILES string of the molecule is C[C@@H](CNC(=O)N1CCN(S(=O)(=O)Cc2ccccc2)CC1)c1nc2ccccc2n1C(F)F. The Morgan fingerprint density at radius 1 is 1.03 bits per heavy atom. The number of alkyl halides is 2. The van der Waals surface area contributed by atoms with Crippen molar-refractivity contribution in [1.82, 2.24) is 24.1 Å². The number of hydrogen-bond acceptors (Lipinski definition) is 4. The molecule has 0 aliphatic carbocycles. The van der Waals surface area contributed by atoms with Crippen molar-refractivity contribution in [2.24, 2.45) is 0 Å². The third-order valence-corrected chi connectivity index (χ3v) is 7.78. The van der Waals surface area contributed by atoms with Gasteiger partial charge in [0.25, 0.3) is 0 Å². The Morgan fingerprint density at radius 3 is 2.35 bits per heavy atom. The predicted octanol–water partition coefficient (Wildman–Crippen LogP) is 3.39. The van der Waals surface area contributed by atoms with Gasteiger partial charge in [-0.3, -0.25) is 4.57 Å². The van der Waals surface area contributed by atoms with E-state index in [1.165, 1.54) is 9.21 Å². The zero-order chi connectivity index (χ0) is 24.3. The molecular weight excluding hydrogens is 464 g/mol. The van der Waals surface area contributed by atoms with Crippen LogP contribution in [0.4, 0.5) is 13.6 Å². The van der Waals surface area contributed by atoms with Crippen molar-refractivity contribution in [2.45, 2.75) is 25.1 Å². The van der Waals surface area contributed by atoms with Gasteiger partial charge in [0, 0.05) is 38.6 Å². The fourth-order valence-corrected chi connectivity index (χ4v) is 5.62. The normalized spacial score (nSPS) is 16.2. The fourth-order valence-electron chi connectivity index (χ4n) is 4.10. The lowest BCUT2D eigenvalue weighted by molar-refractivity contribution is 0.0704. The third kappa shape index (κ3) is 5.20. The van der Waals surface area contributed by atoms with E-state index in [4.69, 9.17) is 0 Å². The highest BCUT2D eigenvalue weighted by Gasteiger charge is 2.29. The van der Waals surface area contributed by atoms with E-state index < -0.39 is 22.5 Å². The second-order valence-corrected chi connectivity index (χ2v) is 10.3. The zero-order valence-electron chi connectivity index (χ0n) is 18.8. The zero-order valence-corrected chi connectivity index (χ0v) is 19.6. The highest BCUT2D eigenvalue weighted by atomic mass is 32.2. The Labute approximate surface area is 197 Å². The van der Waals surface area contributed by atoms with Gasteiger partial charge in [-0.15, -0.1) is 0 Å². The van der Waals surface area contributed by atoms with Crippen LogP contribution in [0.3, 0.4) is 0 Å². The number of fused-ring (bicyclic) bond motifs is 1. The van der Waals surface area contributed by atoms with Gasteiger partial charge in [0.2, 0.25) is 10.0 Å². The molecule has 1 fully saturated rings. The molecule has 0 radical (unpaired) electrons. The van der Waals surface area contributed by atoms with E-state index in [-0.39, 0.29) is 50.3 Å². The number of amides is 2. The molecule has 8 nitrogen and oxygen atoms in total. The maximum Gasteiger partial charge on any atom is 0.320 e. The molecule has 0 bridgehead atoms. The van der Waals surface area contributed by atoms with Crippen molar-refractivity contribution < 1.29 is 22.0 Å². The number of nitrogens with one attached hydrogen (secondary N) is 1. The molecule has 1 saturated heterocycles.